The number of carbonyl (C=O) groups excluding carboxylic acids is 1. The van der Waals surface area contributed by atoms with E-state index >= 15 is 0 Å². The molecule has 1 saturated heterocycles. The van der Waals surface area contributed by atoms with Crippen LogP contribution in [0.2, 0.25) is 0 Å². The van der Waals surface area contributed by atoms with Gasteiger partial charge in [0, 0.05) is 30.2 Å². The van der Waals surface area contributed by atoms with E-state index in [1.54, 1.807) is 10.4 Å². The standard InChI is InChI=1S/C20H28N4O4S/c1-4-14(2)22-19(25)13-23-18-9-8-17(11-16(18)12-21-20(23)26)29(27,28)24-10-6-5-7-15(24)3/h8-9,11-12,14-15H,4-7,10,13H2,1-3H3,(H,22,25)/t14-,15+/m0/s1. The number of piperidine rings is 1. The summed E-state index contributed by atoms with van der Waals surface area (Å²) in [5, 5.41) is 3.33. The van der Waals surface area contributed by atoms with Gasteiger partial charge in [0.2, 0.25) is 15.9 Å². The van der Waals surface area contributed by atoms with Gasteiger partial charge in [0.05, 0.1) is 10.4 Å². The summed E-state index contributed by atoms with van der Waals surface area (Å²) in [6.07, 6.45) is 4.87. The van der Waals surface area contributed by atoms with Gasteiger partial charge in [-0.15, -0.1) is 0 Å². The highest BCUT2D eigenvalue weighted by molar-refractivity contribution is 7.89. The molecule has 1 aliphatic heterocycles. The van der Waals surface area contributed by atoms with E-state index in [1.807, 2.05) is 20.8 Å². The number of benzene rings is 1. The predicted octanol–water partition coefficient (Wildman–Crippen LogP) is 1.87. The molecule has 8 nitrogen and oxygen atoms in total. The number of hydrogen-bond acceptors (Lipinski definition) is 5. The van der Waals surface area contributed by atoms with Crippen molar-refractivity contribution in [2.24, 2.45) is 0 Å². The first-order valence-corrected chi connectivity index (χ1v) is 11.5. The van der Waals surface area contributed by atoms with Crippen LogP contribution in [0.1, 0.15) is 46.5 Å². The third-order valence-electron chi connectivity index (χ3n) is 5.50. The molecule has 3 rings (SSSR count). The van der Waals surface area contributed by atoms with E-state index < -0.39 is 15.7 Å². The molecule has 1 aromatic carbocycles. The predicted molar refractivity (Wildman–Crippen MR) is 111 cm³/mol. The second-order valence-corrected chi connectivity index (χ2v) is 9.58. The zero-order valence-corrected chi connectivity index (χ0v) is 17.9. The summed E-state index contributed by atoms with van der Waals surface area (Å²) in [6.45, 7) is 6.12. The number of nitrogens with one attached hydrogen (secondary N) is 1. The van der Waals surface area contributed by atoms with E-state index in [9.17, 15) is 18.0 Å². The van der Waals surface area contributed by atoms with Crippen molar-refractivity contribution < 1.29 is 13.2 Å². The topological polar surface area (TPSA) is 101 Å². The zero-order chi connectivity index (χ0) is 21.2. The maximum Gasteiger partial charge on any atom is 0.348 e. The van der Waals surface area contributed by atoms with Crippen LogP contribution < -0.4 is 11.0 Å². The minimum absolute atomic E-state index is 0.00409. The summed E-state index contributed by atoms with van der Waals surface area (Å²) in [5.41, 5.74) is -0.0630. The Morgan fingerprint density at radius 2 is 2.10 bits per heavy atom. The molecule has 1 N–H and O–H groups in total. The Hall–Kier alpha value is -2.26. The molecule has 0 spiro atoms. The Kier molecular flexibility index (Phi) is 6.38. The third-order valence-corrected chi connectivity index (χ3v) is 7.51. The van der Waals surface area contributed by atoms with Crippen LogP contribution >= 0.6 is 0 Å². The van der Waals surface area contributed by atoms with Crippen LogP contribution in [0.25, 0.3) is 10.9 Å². The van der Waals surface area contributed by atoms with E-state index in [-0.39, 0.29) is 29.4 Å². The largest absolute Gasteiger partial charge is 0.352 e. The van der Waals surface area contributed by atoms with Crippen LogP contribution in [0.4, 0.5) is 0 Å². The number of nitrogens with zero attached hydrogens (tertiary/aromatic N) is 3. The van der Waals surface area contributed by atoms with Gasteiger partial charge in [0.15, 0.2) is 0 Å². The summed E-state index contributed by atoms with van der Waals surface area (Å²) >= 11 is 0. The van der Waals surface area contributed by atoms with Crippen molar-refractivity contribution in [3.05, 3.63) is 34.9 Å². The molecule has 1 amide bonds. The molecule has 2 heterocycles. The van der Waals surface area contributed by atoms with E-state index in [1.165, 1.54) is 22.9 Å². The van der Waals surface area contributed by atoms with Crippen LogP contribution in [0, 0.1) is 0 Å². The van der Waals surface area contributed by atoms with Gasteiger partial charge in [-0.2, -0.15) is 4.31 Å². The maximum absolute atomic E-state index is 13.1. The lowest BCUT2D eigenvalue weighted by Gasteiger charge is -2.32. The Bertz CT molecular complexity index is 1060. The van der Waals surface area contributed by atoms with Gasteiger partial charge in [-0.05, 0) is 51.3 Å². The summed E-state index contributed by atoms with van der Waals surface area (Å²) in [7, 11) is -3.63. The molecule has 0 bridgehead atoms. The lowest BCUT2D eigenvalue weighted by molar-refractivity contribution is -0.122. The lowest BCUT2D eigenvalue weighted by atomic mass is 10.1. The molecule has 0 unspecified atom stereocenters. The van der Waals surface area contributed by atoms with Crippen molar-refractivity contribution in [2.45, 2.75) is 70.0 Å². The van der Waals surface area contributed by atoms with Gasteiger partial charge < -0.3 is 5.32 Å². The van der Waals surface area contributed by atoms with Crippen LogP contribution in [-0.2, 0) is 21.4 Å². The zero-order valence-electron chi connectivity index (χ0n) is 17.1. The molecule has 1 fully saturated rings. The molecule has 2 atom stereocenters. The number of fused-ring (bicyclic) bond motifs is 1. The summed E-state index contributed by atoms with van der Waals surface area (Å²) in [4.78, 5) is 28.5. The maximum atomic E-state index is 13.1. The second-order valence-electron chi connectivity index (χ2n) is 7.68. The van der Waals surface area contributed by atoms with Crippen molar-refractivity contribution in [2.75, 3.05) is 6.54 Å². The van der Waals surface area contributed by atoms with Gasteiger partial charge in [-0.3, -0.25) is 9.36 Å². The summed E-state index contributed by atoms with van der Waals surface area (Å²) in [5.74, 6) is -0.283. The molecule has 0 aliphatic carbocycles. The van der Waals surface area contributed by atoms with Crippen molar-refractivity contribution in [3.8, 4) is 0 Å². The first-order valence-electron chi connectivity index (χ1n) is 10.0. The van der Waals surface area contributed by atoms with Crippen LogP contribution in [0.5, 0.6) is 0 Å². The summed E-state index contributed by atoms with van der Waals surface area (Å²) < 4.78 is 29.0. The molecular weight excluding hydrogens is 392 g/mol. The number of hydrogen-bond donors (Lipinski definition) is 1. The number of carbonyl (C=O) groups is 1. The monoisotopic (exact) mass is 420 g/mol. The fraction of sp³-hybridized carbons (Fsp3) is 0.550. The minimum Gasteiger partial charge on any atom is -0.352 e. The fourth-order valence-corrected chi connectivity index (χ4v) is 5.36. The summed E-state index contributed by atoms with van der Waals surface area (Å²) in [6, 6.07) is 4.57. The van der Waals surface area contributed by atoms with Crippen LogP contribution in [0.3, 0.4) is 0 Å². The number of sulfonamides is 1. The third kappa shape index (κ3) is 4.51. The number of rotatable bonds is 6. The molecule has 0 saturated carbocycles. The Morgan fingerprint density at radius 3 is 2.79 bits per heavy atom. The van der Waals surface area contributed by atoms with Crippen molar-refractivity contribution >= 4 is 26.8 Å². The van der Waals surface area contributed by atoms with Crippen molar-refractivity contribution in [1.29, 1.82) is 0 Å². The van der Waals surface area contributed by atoms with E-state index in [2.05, 4.69) is 10.3 Å². The lowest BCUT2D eigenvalue weighted by Crippen LogP contribution is -2.41. The molecule has 1 aromatic heterocycles. The quantitative estimate of drug-likeness (QED) is 0.769. The van der Waals surface area contributed by atoms with Gasteiger partial charge in [-0.1, -0.05) is 13.3 Å². The Labute approximate surface area is 171 Å². The SMILES string of the molecule is CC[C@H](C)NC(=O)Cn1c(=O)ncc2cc(S(=O)(=O)N3CCCC[C@H]3C)ccc21. The smallest absolute Gasteiger partial charge is 0.348 e. The highest BCUT2D eigenvalue weighted by atomic mass is 32.2. The van der Waals surface area contributed by atoms with Crippen molar-refractivity contribution in [1.82, 2.24) is 19.2 Å². The van der Waals surface area contributed by atoms with E-state index in [0.29, 0.717) is 17.4 Å². The molecule has 158 valence electrons. The molecule has 0 radical (unpaired) electrons. The van der Waals surface area contributed by atoms with Crippen molar-refractivity contribution in [3.63, 3.8) is 0 Å². The highest BCUT2D eigenvalue weighted by Crippen LogP contribution is 2.26. The van der Waals surface area contributed by atoms with E-state index in [0.717, 1.165) is 25.7 Å². The normalized spacial score (nSPS) is 19.2. The Balaban J connectivity index is 1.96. The molecule has 1 aliphatic rings. The highest BCUT2D eigenvalue weighted by Gasteiger charge is 2.31. The molecule has 2 aromatic rings. The molecular formula is C20H28N4O4S. The number of amides is 1. The van der Waals surface area contributed by atoms with E-state index in [4.69, 9.17) is 0 Å². The average molecular weight is 421 g/mol. The van der Waals surface area contributed by atoms with Gasteiger partial charge in [-0.25, -0.2) is 18.2 Å². The fourth-order valence-electron chi connectivity index (χ4n) is 3.62. The van der Waals surface area contributed by atoms with Gasteiger partial charge in [0.1, 0.15) is 6.54 Å². The minimum atomic E-state index is -3.63. The number of aromatic nitrogens is 2. The molecule has 9 heteroatoms. The second kappa shape index (κ2) is 8.62. The first kappa shape index (κ1) is 21.4. The Morgan fingerprint density at radius 1 is 1.34 bits per heavy atom. The van der Waals surface area contributed by atoms with Crippen LogP contribution in [0.15, 0.2) is 34.1 Å². The van der Waals surface area contributed by atoms with Gasteiger partial charge >= 0.3 is 5.69 Å². The average Bonchev–Trinajstić information content (AvgIpc) is 2.69. The first-order chi connectivity index (χ1) is 13.7. The van der Waals surface area contributed by atoms with Gasteiger partial charge in [0.25, 0.3) is 0 Å². The van der Waals surface area contributed by atoms with Crippen LogP contribution in [-0.4, -0.2) is 46.8 Å². The molecule has 29 heavy (non-hydrogen) atoms.